The zero-order valence-electron chi connectivity index (χ0n) is 9.82. The summed E-state index contributed by atoms with van der Waals surface area (Å²) in [5, 5.41) is 0. The van der Waals surface area contributed by atoms with Gasteiger partial charge in [0.15, 0.2) is 0 Å². The molecule has 1 aromatic heterocycles. The van der Waals surface area contributed by atoms with Gasteiger partial charge in [0.1, 0.15) is 6.61 Å². The van der Waals surface area contributed by atoms with Crippen LogP contribution in [0, 0.1) is 5.92 Å². The third-order valence-corrected chi connectivity index (χ3v) is 2.41. The van der Waals surface area contributed by atoms with Gasteiger partial charge in [-0.05, 0) is 11.6 Å². The smallest absolute Gasteiger partial charge is 0.254 e. The summed E-state index contributed by atoms with van der Waals surface area (Å²) < 4.78 is 0. The molecule has 0 saturated heterocycles. The first-order valence-electron chi connectivity index (χ1n) is 5.68. The lowest BCUT2D eigenvalue weighted by Crippen LogP contribution is -2.28. The zero-order chi connectivity index (χ0) is 12.6. The maximum Gasteiger partial charge on any atom is 0.254 e. The number of amides is 1. The van der Waals surface area contributed by atoms with Gasteiger partial charge in [-0.15, -0.1) is 0 Å². The fourth-order valence-electron chi connectivity index (χ4n) is 1.48. The maximum absolute atomic E-state index is 11.8. The number of hydrogen-bond acceptors (Lipinski definition) is 3. The Morgan fingerprint density at radius 2 is 2.06 bits per heavy atom. The summed E-state index contributed by atoms with van der Waals surface area (Å²) in [5.41, 5.74) is 3.34. The summed E-state index contributed by atoms with van der Waals surface area (Å²) in [7, 11) is 0. The van der Waals surface area contributed by atoms with Crippen molar-refractivity contribution in [1.82, 2.24) is 10.5 Å². The Hall–Kier alpha value is -2.20. The van der Waals surface area contributed by atoms with Gasteiger partial charge in [0.2, 0.25) is 0 Å². The molecular weight excluding hydrogens is 228 g/mol. The Labute approximate surface area is 106 Å². The lowest BCUT2D eigenvalue weighted by molar-refractivity contribution is -0.136. The van der Waals surface area contributed by atoms with Crippen molar-refractivity contribution in [2.24, 2.45) is 5.92 Å². The van der Waals surface area contributed by atoms with E-state index < -0.39 is 0 Å². The number of allylic oxidation sites excluding steroid dienone is 4. The van der Waals surface area contributed by atoms with E-state index in [0.717, 1.165) is 5.56 Å². The van der Waals surface area contributed by atoms with E-state index in [1.54, 1.807) is 12.4 Å². The average Bonchev–Trinajstić information content (AvgIpc) is 2.69. The fraction of sp³-hybridized carbons (Fsp3) is 0.143. The summed E-state index contributed by atoms with van der Waals surface area (Å²) in [6, 6.07) is 3.71. The van der Waals surface area contributed by atoms with Gasteiger partial charge in [-0.3, -0.25) is 14.6 Å². The van der Waals surface area contributed by atoms with Crippen molar-refractivity contribution in [3.05, 3.63) is 66.5 Å². The van der Waals surface area contributed by atoms with Crippen molar-refractivity contribution in [1.29, 1.82) is 0 Å². The van der Waals surface area contributed by atoms with E-state index in [-0.39, 0.29) is 11.8 Å². The first-order valence-corrected chi connectivity index (χ1v) is 5.68. The molecule has 1 N–H and O–H groups in total. The summed E-state index contributed by atoms with van der Waals surface area (Å²) in [6.07, 6.45) is 14.4. The second-order valence-electron chi connectivity index (χ2n) is 3.80. The van der Waals surface area contributed by atoms with Crippen LogP contribution in [0.2, 0.25) is 0 Å². The molecule has 0 radical (unpaired) electrons. The largest absolute Gasteiger partial charge is 0.272 e. The molecule has 0 spiro atoms. The van der Waals surface area contributed by atoms with Crippen molar-refractivity contribution in [2.75, 3.05) is 0 Å². The molecule has 1 aromatic rings. The van der Waals surface area contributed by atoms with E-state index in [9.17, 15) is 4.79 Å². The first kappa shape index (κ1) is 12.3. The van der Waals surface area contributed by atoms with Gasteiger partial charge in [0, 0.05) is 12.4 Å². The Morgan fingerprint density at radius 1 is 1.28 bits per heavy atom. The minimum atomic E-state index is -0.297. The molecule has 1 heterocycles. The Balaban J connectivity index is 1.78. The minimum absolute atomic E-state index is 0.185. The molecule has 1 aliphatic rings. The highest BCUT2D eigenvalue weighted by Gasteiger charge is 2.12. The third kappa shape index (κ3) is 3.68. The maximum atomic E-state index is 11.8. The van der Waals surface area contributed by atoms with Crippen molar-refractivity contribution in [2.45, 2.75) is 6.61 Å². The highest BCUT2D eigenvalue weighted by Crippen LogP contribution is 2.06. The molecule has 4 nitrogen and oxygen atoms in total. The van der Waals surface area contributed by atoms with Crippen LogP contribution in [0.15, 0.2) is 61.0 Å². The molecule has 92 valence electrons. The molecule has 0 saturated carbocycles. The van der Waals surface area contributed by atoms with E-state index in [1.807, 2.05) is 48.6 Å². The van der Waals surface area contributed by atoms with Crippen LogP contribution in [0.4, 0.5) is 0 Å². The fourth-order valence-corrected chi connectivity index (χ4v) is 1.48. The van der Waals surface area contributed by atoms with Crippen LogP contribution >= 0.6 is 0 Å². The molecule has 2 rings (SSSR count). The normalized spacial score (nSPS) is 14.4. The zero-order valence-corrected chi connectivity index (χ0v) is 9.82. The number of aromatic nitrogens is 1. The molecular formula is C14H14N2O2. The quantitative estimate of drug-likeness (QED) is 0.821. The van der Waals surface area contributed by atoms with Crippen LogP contribution in [0.5, 0.6) is 0 Å². The number of carbonyl (C=O) groups is 1. The van der Waals surface area contributed by atoms with Gasteiger partial charge in [0.05, 0.1) is 5.92 Å². The molecule has 18 heavy (non-hydrogen) atoms. The van der Waals surface area contributed by atoms with Gasteiger partial charge in [-0.25, -0.2) is 5.48 Å². The first-order chi connectivity index (χ1) is 8.86. The minimum Gasteiger partial charge on any atom is -0.272 e. The summed E-state index contributed by atoms with van der Waals surface area (Å²) >= 11 is 0. The molecule has 1 amide bonds. The van der Waals surface area contributed by atoms with E-state index in [0.29, 0.717) is 6.61 Å². The Kier molecular flexibility index (Phi) is 4.44. The highest BCUT2D eigenvalue weighted by atomic mass is 16.6. The molecule has 1 aliphatic carbocycles. The van der Waals surface area contributed by atoms with Crippen molar-refractivity contribution < 1.29 is 9.63 Å². The standard InChI is InChI=1S/C14H14N2O2/c17-14(13-7-3-1-2-4-8-13)16-18-11-12-6-5-9-15-10-12/h1-10,13H,11H2,(H,16,17). The molecule has 0 atom stereocenters. The second-order valence-corrected chi connectivity index (χ2v) is 3.80. The number of pyridine rings is 1. The van der Waals surface area contributed by atoms with E-state index in [2.05, 4.69) is 10.5 Å². The molecule has 0 unspecified atom stereocenters. The third-order valence-electron chi connectivity index (χ3n) is 2.41. The number of nitrogens with one attached hydrogen (secondary N) is 1. The van der Waals surface area contributed by atoms with Gasteiger partial charge in [0.25, 0.3) is 5.91 Å². The van der Waals surface area contributed by atoms with E-state index in [4.69, 9.17) is 4.84 Å². The van der Waals surface area contributed by atoms with Gasteiger partial charge >= 0.3 is 0 Å². The number of rotatable bonds is 4. The van der Waals surface area contributed by atoms with Crippen molar-refractivity contribution in [3.63, 3.8) is 0 Å². The van der Waals surface area contributed by atoms with Crippen molar-refractivity contribution in [3.8, 4) is 0 Å². The Bertz CT molecular complexity index is 462. The van der Waals surface area contributed by atoms with Crippen LogP contribution < -0.4 is 5.48 Å². The summed E-state index contributed by atoms with van der Waals surface area (Å²) in [6.45, 7) is 0.304. The highest BCUT2D eigenvalue weighted by molar-refractivity contribution is 5.81. The lowest BCUT2D eigenvalue weighted by atomic mass is 10.1. The SMILES string of the molecule is O=C(NOCc1cccnc1)C1C=CC=CC=C1. The topological polar surface area (TPSA) is 51.2 Å². The Morgan fingerprint density at radius 3 is 2.72 bits per heavy atom. The number of carbonyl (C=O) groups excluding carboxylic acids is 1. The molecule has 0 aromatic carbocycles. The van der Waals surface area contributed by atoms with Gasteiger partial charge in [-0.2, -0.15) is 0 Å². The van der Waals surface area contributed by atoms with Crippen LogP contribution in [-0.4, -0.2) is 10.9 Å². The van der Waals surface area contributed by atoms with E-state index in [1.165, 1.54) is 0 Å². The van der Waals surface area contributed by atoms with E-state index >= 15 is 0 Å². The number of hydroxylamine groups is 1. The number of hydrogen-bond donors (Lipinski definition) is 1. The lowest BCUT2D eigenvalue weighted by Gasteiger charge is -2.09. The summed E-state index contributed by atoms with van der Waals surface area (Å²) in [4.78, 5) is 20.9. The van der Waals surface area contributed by atoms with Crippen LogP contribution in [0.25, 0.3) is 0 Å². The van der Waals surface area contributed by atoms with Crippen molar-refractivity contribution >= 4 is 5.91 Å². The van der Waals surface area contributed by atoms with Crippen LogP contribution in [-0.2, 0) is 16.2 Å². The average molecular weight is 242 g/mol. The molecule has 0 bridgehead atoms. The molecule has 0 aliphatic heterocycles. The molecule has 0 fully saturated rings. The predicted molar refractivity (Wildman–Crippen MR) is 68.1 cm³/mol. The van der Waals surface area contributed by atoms with Crippen LogP contribution in [0.1, 0.15) is 5.56 Å². The summed E-state index contributed by atoms with van der Waals surface area (Å²) in [5.74, 6) is -0.482. The monoisotopic (exact) mass is 242 g/mol. The van der Waals surface area contributed by atoms with Gasteiger partial charge in [-0.1, -0.05) is 42.5 Å². The van der Waals surface area contributed by atoms with Crippen LogP contribution in [0.3, 0.4) is 0 Å². The second kappa shape index (κ2) is 6.51. The number of nitrogens with zero attached hydrogens (tertiary/aromatic N) is 1. The molecule has 4 heteroatoms. The predicted octanol–water partition coefficient (Wildman–Crippen LogP) is 1.93. The van der Waals surface area contributed by atoms with Gasteiger partial charge < -0.3 is 0 Å².